The molecule has 0 aliphatic heterocycles. The third-order valence-corrected chi connectivity index (χ3v) is 11.6. The summed E-state index contributed by atoms with van der Waals surface area (Å²) in [4.78, 5) is 0. The molecular formula is C37H39N2+. The van der Waals surface area contributed by atoms with E-state index in [-0.39, 0.29) is 0 Å². The highest BCUT2D eigenvalue weighted by Crippen LogP contribution is 2.61. The van der Waals surface area contributed by atoms with Crippen LogP contribution in [-0.2, 0) is 12.5 Å². The van der Waals surface area contributed by atoms with E-state index < -0.39 is 0 Å². The number of hydrogen-bond acceptors (Lipinski definition) is 0. The molecule has 0 radical (unpaired) electrons. The van der Waals surface area contributed by atoms with Crippen LogP contribution in [0, 0.1) is 31.6 Å². The van der Waals surface area contributed by atoms with Crippen molar-refractivity contribution in [3.8, 4) is 0 Å². The second-order valence-corrected chi connectivity index (χ2v) is 14.3. The fraction of sp³-hybridized carbons (Fsp3) is 0.432. The van der Waals surface area contributed by atoms with Gasteiger partial charge in [-0.05, 0) is 133 Å². The van der Waals surface area contributed by atoms with E-state index in [1.807, 2.05) is 0 Å². The molecule has 3 aromatic heterocycles. The molecule has 2 nitrogen and oxygen atoms in total. The van der Waals surface area contributed by atoms with Crippen LogP contribution in [0.4, 0.5) is 0 Å². The smallest absolute Gasteiger partial charge is 0.224 e. The minimum absolute atomic E-state index is 0.381. The normalized spacial score (nSPS) is 26.6. The van der Waals surface area contributed by atoms with Crippen molar-refractivity contribution in [1.82, 2.24) is 4.40 Å². The first-order valence-corrected chi connectivity index (χ1v) is 15.4. The van der Waals surface area contributed by atoms with Crippen molar-refractivity contribution in [1.29, 1.82) is 0 Å². The molecule has 39 heavy (non-hydrogen) atoms. The molecule has 3 aromatic carbocycles. The molecule has 0 atom stereocenters. The standard InChI is InChI=1S/C37H39N2/c1-20(2)26-6-7-29-30-10-21(3)22(4)33-35(30)39(31(29)15-26)32-16-28(14-27-8-9-38(5)36(33)34(27)32)37-17-23-11-24(18-37)13-25(12-23)19-37/h6-10,14-16,20,23-25H,11-13,17-19H2,1-5H3/q+1. The van der Waals surface area contributed by atoms with Crippen LogP contribution in [0.2, 0.25) is 0 Å². The van der Waals surface area contributed by atoms with Gasteiger partial charge in [-0.1, -0.05) is 26.0 Å². The topological polar surface area (TPSA) is 8.29 Å². The lowest BCUT2D eigenvalue weighted by Gasteiger charge is -2.57. The van der Waals surface area contributed by atoms with Crippen molar-refractivity contribution < 1.29 is 4.57 Å². The number of fused-ring (bicyclic) bond motifs is 5. The van der Waals surface area contributed by atoms with Crippen molar-refractivity contribution in [2.45, 2.75) is 77.6 Å². The van der Waals surface area contributed by atoms with Crippen LogP contribution >= 0.6 is 0 Å². The quantitative estimate of drug-likeness (QED) is 0.124. The Balaban J connectivity index is 1.50. The first-order chi connectivity index (χ1) is 18.8. The summed E-state index contributed by atoms with van der Waals surface area (Å²) >= 11 is 0. The van der Waals surface area contributed by atoms with Crippen LogP contribution in [0.1, 0.15) is 80.5 Å². The summed E-state index contributed by atoms with van der Waals surface area (Å²) in [6.07, 6.45) is 11.0. The molecule has 4 saturated carbocycles. The van der Waals surface area contributed by atoms with Crippen molar-refractivity contribution in [2.24, 2.45) is 24.8 Å². The van der Waals surface area contributed by atoms with E-state index in [4.69, 9.17) is 0 Å². The zero-order valence-electron chi connectivity index (χ0n) is 24.1. The molecule has 0 spiro atoms. The number of rotatable bonds is 2. The summed E-state index contributed by atoms with van der Waals surface area (Å²) in [6, 6.07) is 17.4. The van der Waals surface area contributed by atoms with Gasteiger partial charge in [-0.25, -0.2) is 4.57 Å². The maximum absolute atomic E-state index is 2.68. The molecule has 4 aliphatic rings. The highest BCUT2D eigenvalue weighted by atomic mass is 15.0. The van der Waals surface area contributed by atoms with Crippen LogP contribution in [-0.4, -0.2) is 4.40 Å². The molecule has 10 rings (SSSR count). The van der Waals surface area contributed by atoms with Gasteiger partial charge in [0.2, 0.25) is 5.52 Å². The first kappa shape index (κ1) is 22.7. The molecule has 6 aromatic rings. The molecule has 0 N–H and O–H groups in total. The van der Waals surface area contributed by atoms with Gasteiger partial charge in [0.15, 0.2) is 6.20 Å². The molecule has 2 heteroatoms. The summed E-state index contributed by atoms with van der Waals surface area (Å²) in [7, 11) is 2.24. The lowest BCUT2D eigenvalue weighted by molar-refractivity contribution is -0.643. The van der Waals surface area contributed by atoms with Crippen LogP contribution in [0.5, 0.6) is 0 Å². The summed E-state index contributed by atoms with van der Waals surface area (Å²) in [5.41, 5.74) is 11.8. The van der Waals surface area contributed by atoms with Crippen LogP contribution < -0.4 is 4.57 Å². The summed E-state index contributed by atoms with van der Waals surface area (Å²) in [5, 5.41) is 7.08. The molecule has 0 unspecified atom stereocenters. The van der Waals surface area contributed by atoms with Crippen molar-refractivity contribution in [3.05, 3.63) is 70.9 Å². The summed E-state index contributed by atoms with van der Waals surface area (Å²) < 4.78 is 5.07. The van der Waals surface area contributed by atoms with Gasteiger partial charge < -0.3 is 4.40 Å². The Hall–Kier alpha value is -3.13. The maximum Gasteiger partial charge on any atom is 0.224 e. The van der Waals surface area contributed by atoms with Crippen LogP contribution in [0.15, 0.2) is 48.7 Å². The number of aromatic nitrogens is 2. The summed E-state index contributed by atoms with van der Waals surface area (Å²) in [5.74, 6) is 3.36. The number of pyridine rings is 2. The van der Waals surface area contributed by atoms with E-state index in [1.54, 1.807) is 5.56 Å². The Morgan fingerprint density at radius 2 is 1.54 bits per heavy atom. The van der Waals surface area contributed by atoms with E-state index in [0.717, 1.165) is 17.8 Å². The molecule has 0 saturated heterocycles. The minimum atomic E-state index is 0.381. The molecule has 4 bridgehead atoms. The molecule has 196 valence electrons. The summed E-state index contributed by atoms with van der Waals surface area (Å²) in [6.45, 7) is 9.27. The second kappa shape index (κ2) is 7.33. The average molecular weight is 512 g/mol. The van der Waals surface area contributed by atoms with Crippen molar-refractivity contribution >= 4 is 49.0 Å². The Morgan fingerprint density at radius 3 is 2.23 bits per heavy atom. The van der Waals surface area contributed by atoms with Crippen molar-refractivity contribution in [3.63, 3.8) is 0 Å². The van der Waals surface area contributed by atoms with Gasteiger partial charge in [-0.3, -0.25) is 0 Å². The number of aryl methyl sites for hydroxylation is 3. The minimum Gasteiger partial charge on any atom is -0.307 e. The highest BCUT2D eigenvalue weighted by molar-refractivity contribution is 6.26. The lowest BCUT2D eigenvalue weighted by Crippen LogP contribution is -2.48. The average Bonchev–Trinajstić information content (AvgIpc) is 3.22. The predicted molar refractivity (Wildman–Crippen MR) is 163 cm³/mol. The SMILES string of the molecule is Cc1cc2c3ccc(C(C)C)cc3n3c4cc(C56CC7CC(CC(C7)C5)C6)cc5cc[n+](C)c(c(c1C)c23)c54. The molecular weight excluding hydrogens is 472 g/mol. The molecule has 0 amide bonds. The molecule has 4 fully saturated rings. The van der Waals surface area contributed by atoms with E-state index in [1.165, 1.54) is 104 Å². The number of hydrogen-bond donors (Lipinski definition) is 0. The van der Waals surface area contributed by atoms with Gasteiger partial charge >= 0.3 is 0 Å². The van der Waals surface area contributed by atoms with Crippen LogP contribution in [0.25, 0.3) is 49.0 Å². The zero-order valence-corrected chi connectivity index (χ0v) is 24.1. The van der Waals surface area contributed by atoms with Gasteiger partial charge in [0.1, 0.15) is 7.05 Å². The van der Waals surface area contributed by atoms with Crippen LogP contribution in [0.3, 0.4) is 0 Å². The lowest BCUT2D eigenvalue weighted by atomic mass is 9.48. The van der Waals surface area contributed by atoms with Gasteiger partial charge in [-0.15, -0.1) is 0 Å². The highest BCUT2D eigenvalue weighted by Gasteiger charge is 2.51. The number of benzene rings is 3. The fourth-order valence-corrected chi connectivity index (χ4v) is 10.1. The fourth-order valence-electron chi connectivity index (χ4n) is 10.1. The predicted octanol–water partition coefficient (Wildman–Crippen LogP) is 9.02. The Bertz CT molecular complexity index is 1970. The van der Waals surface area contributed by atoms with E-state index in [9.17, 15) is 0 Å². The van der Waals surface area contributed by atoms with Gasteiger partial charge in [0.25, 0.3) is 0 Å². The van der Waals surface area contributed by atoms with E-state index >= 15 is 0 Å². The maximum atomic E-state index is 2.68. The third kappa shape index (κ3) is 2.81. The Labute approximate surface area is 231 Å². The Kier molecular flexibility index (Phi) is 4.26. The molecule has 3 heterocycles. The van der Waals surface area contributed by atoms with Gasteiger partial charge in [-0.2, -0.15) is 0 Å². The monoisotopic (exact) mass is 511 g/mol. The largest absolute Gasteiger partial charge is 0.307 e. The van der Waals surface area contributed by atoms with Crippen molar-refractivity contribution in [2.75, 3.05) is 0 Å². The number of nitrogens with zero attached hydrogens (tertiary/aromatic N) is 2. The second-order valence-electron chi connectivity index (χ2n) is 14.3. The van der Waals surface area contributed by atoms with Gasteiger partial charge in [0, 0.05) is 16.8 Å². The van der Waals surface area contributed by atoms with E-state index in [0.29, 0.717) is 11.3 Å². The molecule has 4 aliphatic carbocycles. The van der Waals surface area contributed by atoms with Gasteiger partial charge in [0.05, 0.1) is 27.3 Å². The first-order valence-electron chi connectivity index (χ1n) is 15.4. The zero-order chi connectivity index (χ0) is 26.4. The Morgan fingerprint density at radius 1 is 0.821 bits per heavy atom. The third-order valence-electron chi connectivity index (χ3n) is 11.6. The van der Waals surface area contributed by atoms with E-state index in [2.05, 4.69) is 92.4 Å².